The van der Waals surface area contributed by atoms with Crippen molar-refractivity contribution in [2.75, 3.05) is 0 Å². The van der Waals surface area contributed by atoms with E-state index in [9.17, 15) is 5.11 Å². The minimum Gasteiger partial charge on any atom is -0.489 e. The van der Waals surface area contributed by atoms with E-state index in [2.05, 4.69) is 54.6 Å². The lowest BCUT2D eigenvalue weighted by Crippen LogP contribution is -2.07. The van der Waals surface area contributed by atoms with E-state index in [0.717, 1.165) is 44.9 Å². The first-order valence-corrected chi connectivity index (χ1v) is 12.5. The van der Waals surface area contributed by atoms with Crippen molar-refractivity contribution in [3.05, 3.63) is 167 Å². The van der Waals surface area contributed by atoms with Gasteiger partial charge in [0.2, 0.25) is 0 Å². The zero-order valence-electron chi connectivity index (χ0n) is 20.7. The minimum atomic E-state index is -0.0327. The monoisotopic (exact) mass is 486 g/mol. The van der Waals surface area contributed by atoms with Crippen molar-refractivity contribution in [3.8, 4) is 11.5 Å². The summed E-state index contributed by atoms with van der Waals surface area (Å²) in [5.41, 5.74) is 6.53. The highest BCUT2D eigenvalue weighted by Gasteiger charge is 2.20. The van der Waals surface area contributed by atoms with Gasteiger partial charge < -0.3 is 14.6 Å². The third-order valence-corrected chi connectivity index (χ3v) is 6.46. The second kappa shape index (κ2) is 12.1. The molecule has 0 fully saturated rings. The molecule has 0 saturated heterocycles. The van der Waals surface area contributed by atoms with Crippen LogP contribution in [0, 0.1) is 0 Å². The average molecular weight is 487 g/mol. The van der Waals surface area contributed by atoms with Crippen LogP contribution in [-0.2, 0) is 19.8 Å². The highest BCUT2D eigenvalue weighted by molar-refractivity contribution is 5.48. The van der Waals surface area contributed by atoms with Crippen LogP contribution in [0.15, 0.2) is 133 Å². The molecule has 0 spiro atoms. The van der Waals surface area contributed by atoms with E-state index in [1.54, 1.807) is 0 Å². The van der Waals surface area contributed by atoms with Crippen molar-refractivity contribution in [2.24, 2.45) is 0 Å². The predicted molar refractivity (Wildman–Crippen MR) is 148 cm³/mol. The van der Waals surface area contributed by atoms with Crippen LogP contribution in [0.1, 0.15) is 39.3 Å². The molecule has 0 bridgehead atoms. The van der Waals surface area contributed by atoms with Gasteiger partial charge in [-0.2, -0.15) is 0 Å². The molecule has 0 aliphatic rings. The number of hydrogen-bond acceptors (Lipinski definition) is 3. The molecule has 184 valence electrons. The number of aliphatic hydroxyl groups is 1. The molecular weight excluding hydrogens is 456 g/mol. The van der Waals surface area contributed by atoms with Gasteiger partial charge in [0, 0.05) is 5.92 Å². The number of aliphatic hydroxyl groups excluding tert-OH is 1. The number of ether oxygens (including phenoxy) is 2. The third-order valence-electron chi connectivity index (χ3n) is 6.46. The molecule has 5 aromatic carbocycles. The molecule has 0 aromatic heterocycles. The molecule has 0 radical (unpaired) electrons. The molecule has 0 aliphatic heterocycles. The van der Waals surface area contributed by atoms with E-state index in [1.165, 1.54) is 0 Å². The van der Waals surface area contributed by atoms with Gasteiger partial charge in [0.05, 0.1) is 6.61 Å². The summed E-state index contributed by atoms with van der Waals surface area (Å²) >= 11 is 0. The number of hydrogen-bond donors (Lipinski definition) is 1. The van der Waals surface area contributed by atoms with E-state index < -0.39 is 0 Å². The highest BCUT2D eigenvalue weighted by Crippen LogP contribution is 2.35. The maximum atomic E-state index is 10.1. The van der Waals surface area contributed by atoms with E-state index in [4.69, 9.17) is 9.47 Å². The molecule has 5 rings (SSSR count). The Morgan fingerprint density at radius 1 is 0.486 bits per heavy atom. The van der Waals surface area contributed by atoms with Crippen LogP contribution in [0.5, 0.6) is 11.5 Å². The largest absolute Gasteiger partial charge is 0.489 e. The summed E-state index contributed by atoms with van der Waals surface area (Å²) in [6.07, 6.45) is 0. The second-order valence-electron chi connectivity index (χ2n) is 8.98. The fraction of sp³-hybridized carbons (Fsp3) is 0.118. The summed E-state index contributed by atoms with van der Waals surface area (Å²) in [4.78, 5) is 0. The maximum Gasteiger partial charge on any atom is 0.119 e. The Kier molecular flexibility index (Phi) is 7.94. The molecule has 0 amide bonds. The first kappa shape index (κ1) is 24.4. The summed E-state index contributed by atoms with van der Waals surface area (Å²) < 4.78 is 12.0. The molecule has 0 saturated carbocycles. The van der Waals surface area contributed by atoms with Gasteiger partial charge in [-0.1, -0.05) is 109 Å². The van der Waals surface area contributed by atoms with Crippen LogP contribution in [0.4, 0.5) is 0 Å². The summed E-state index contributed by atoms with van der Waals surface area (Å²) in [5.74, 6) is 1.62. The van der Waals surface area contributed by atoms with Crippen LogP contribution < -0.4 is 9.47 Å². The van der Waals surface area contributed by atoms with Gasteiger partial charge in [-0.15, -0.1) is 0 Å². The normalized spacial score (nSPS) is 10.9. The van der Waals surface area contributed by atoms with Crippen molar-refractivity contribution in [1.82, 2.24) is 0 Å². The molecule has 1 N–H and O–H groups in total. The van der Waals surface area contributed by atoms with Crippen molar-refractivity contribution >= 4 is 0 Å². The summed E-state index contributed by atoms with van der Waals surface area (Å²) in [7, 11) is 0. The Morgan fingerprint density at radius 2 is 0.919 bits per heavy atom. The first-order valence-electron chi connectivity index (χ1n) is 12.5. The van der Waals surface area contributed by atoms with Crippen LogP contribution >= 0.6 is 0 Å². The summed E-state index contributed by atoms with van der Waals surface area (Å²) in [6.45, 7) is 1.05. The molecule has 37 heavy (non-hydrogen) atoms. The van der Waals surface area contributed by atoms with E-state index in [1.807, 2.05) is 78.9 Å². The van der Waals surface area contributed by atoms with Gasteiger partial charge in [-0.05, 0) is 57.6 Å². The van der Waals surface area contributed by atoms with Gasteiger partial charge in [-0.3, -0.25) is 0 Å². The lowest BCUT2D eigenvalue weighted by Gasteiger charge is -2.22. The van der Waals surface area contributed by atoms with Gasteiger partial charge in [0.1, 0.15) is 24.7 Å². The quantitative estimate of drug-likeness (QED) is 0.208. The van der Waals surface area contributed by atoms with Crippen LogP contribution in [-0.4, -0.2) is 5.11 Å². The fourth-order valence-electron chi connectivity index (χ4n) is 4.51. The Bertz CT molecular complexity index is 1290. The zero-order valence-corrected chi connectivity index (χ0v) is 20.7. The van der Waals surface area contributed by atoms with Crippen molar-refractivity contribution in [3.63, 3.8) is 0 Å². The lowest BCUT2D eigenvalue weighted by molar-refractivity contribution is 0.280. The topological polar surface area (TPSA) is 38.7 Å². The van der Waals surface area contributed by atoms with Crippen molar-refractivity contribution < 1.29 is 14.6 Å². The Balaban J connectivity index is 1.38. The van der Waals surface area contributed by atoms with Crippen molar-refractivity contribution in [2.45, 2.75) is 25.7 Å². The minimum absolute atomic E-state index is 0.0107. The molecule has 3 heteroatoms. The van der Waals surface area contributed by atoms with E-state index >= 15 is 0 Å². The second-order valence-corrected chi connectivity index (χ2v) is 8.98. The molecule has 0 heterocycles. The van der Waals surface area contributed by atoms with Gasteiger partial charge >= 0.3 is 0 Å². The predicted octanol–water partition coefficient (Wildman–Crippen LogP) is 7.52. The SMILES string of the molecule is OCc1ccccc1C(c1ccc(OCc2ccccc2)cc1)c1ccc(OCc2ccccc2)cc1. The van der Waals surface area contributed by atoms with E-state index in [-0.39, 0.29) is 12.5 Å². The van der Waals surface area contributed by atoms with Gasteiger partial charge in [0.25, 0.3) is 0 Å². The van der Waals surface area contributed by atoms with Crippen LogP contribution in [0.3, 0.4) is 0 Å². The smallest absolute Gasteiger partial charge is 0.119 e. The van der Waals surface area contributed by atoms with Gasteiger partial charge in [0.15, 0.2) is 0 Å². The molecule has 5 aromatic rings. The molecular formula is C34H30O3. The van der Waals surface area contributed by atoms with Gasteiger partial charge in [-0.25, -0.2) is 0 Å². The summed E-state index contributed by atoms with van der Waals surface area (Å²) in [5, 5.41) is 10.1. The number of rotatable bonds is 10. The highest BCUT2D eigenvalue weighted by atomic mass is 16.5. The number of benzene rings is 5. The first-order chi connectivity index (χ1) is 18.3. The third kappa shape index (κ3) is 6.27. The zero-order chi connectivity index (χ0) is 25.3. The van der Waals surface area contributed by atoms with Crippen LogP contribution in [0.2, 0.25) is 0 Å². The van der Waals surface area contributed by atoms with Crippen molar-refractivity contribution in [1.29, 1.82) is 0 Å². The Hall–Kier alpha value is -4.34. The standard InChI is InChI=1S/C34H30O3/c35-23-30-13-7-8-14-33(30)34(28-15-19-31(20-16-28)36-24-26-9-3-1-4-10-26)29-17-21-32(22-18-29)37-25-27-11-5-2-6-12-27/h1-22,34-35H,23-25H2. The lowest BCUT2D eigenvalue weighted by atomic mass is 9.83. The van der Waals surface area contributed by atoms with E-state index in [0.29, 0.717) is 13.2 Å². The molecule has 0 unspecified atom stereocenters. The fourth-order valence-corrected chi connectivity index (χ4v) is 4.51. The molecule has 0 atom stereocenters. The summed E-state index contributed by atoms with van der Waals surface area (Å²) in [6, 6.07) is 44.9. The Morgan fingerprint density at radius 3 is 1.38 bits per heavy atom. The average Bonchev–Trinajstić information content (AvgIpc) is 2.98. The maximum absolute atomic E-state index is 10.1. The molecule has 3 nitrogen and oxygen atoms in total. The Labute approximate surface area is 218 Å². The molecule has 0 aliphatic carbocycles. The van der Waals surface area contributed by atoms with Crippen LogP contribution in [0.25, 0.3) is 0 Å².